The molecule has 2 aromatic carbocycles. The number of imide groups is 1. The molecule has 1 saturated heterocycles. The fourth-order valence-corrected chi connectivity index (χ4v) is 8.44. The van der Waals surface area contributed by atoms with Crippen LogP contribution < -0.4 is 32.4 Å². The zero-order chi connectivity index (χ0) is 41.4. The molecule has 9 rings (SSSR count). The van der Waals surface area contributed by atoms with Crippen molar-refractivity contribution < 1.29 is 14.4 Å². The van der Waals surface area contributed by atoms with E-state index in [1.807, 2.05) is 36.4 Å². The minimum absolute atomic E-state index is 0.0582. The maximum absolute atomic E-state index is 13.0. The minimum Gasteiger partial charge on any atom is -0.351 e. The highest BCUT2D eigenvalue weighted by Gasteiger charge is 2.48. The smallest absolute Gasteiger partial charge is 0.322 e. The van der Waals surface area contributed by atoms with E-state index in [4.69, 9.17) is 23.2 Å². The quantitative estimate of drug-likeness (QED) is 0.141. The number of anilines is 2. The molecule has 4 aromatic heterocycles. The monoisotopic (exact) mass is 834 g/mol. The molecule has 0 bridgehead atoms. The summed E-state index contributed by atoms with van der Waals surface area (Å²) < 4.78 is 3.01. The van der Waals surface area contributed by atoms with Crippen molar-refractivity contribution in [2.75, 3.05) is 10.6 Å². The van der Waals surface area contributed by atoms with Crippen molar-refractivity contribution in [3.63, 3.8) is 0 Å². The van der Waals surface area contributed by atoms with Gasteiger partial charge < -0.3 is 16.0 Å². The number of Topliss-reactive ketones (excluding diaryl/α,β-unsaturated/α-hetero) is 1. The molecular formula is C42H40Cl2N10O5. The van der Waals surface area contributed by atoms with E-state index in [-0.39, 0.29) is 29.1 Å². The van der Waals surface area contributed by atoms with Gasteiger partial charge in [0, 0.05) is 94.5 Å². The lowest BCUT2D eigenvalue weighted by Crippen LogP contribution is -2.51. The third kappa shape index (κ3) is 7.99. The molecule has 0 radical (unpaired) electrons. The fraction of sp³-hybridized carbons (Fsp3) is 0.310. The molecule has 59 heavy (non-hydrogen) atoms. The van der Waals surface area contributed by atoms with Crippen molar-refractivity contribution in [2.24, 2.45) is 14.1 Å². The van der Waals surface area contributed by atoms with Crippen LogP contribution in [0.1, 0.15) is 51.4 Å². The lowest BCUT2D eigenvalue weighted by molar-refractivity contribution is -0.125. The van der Waals surface area contributed by atoms with Crippen LogP contribution in [0.15, 0.2) is 82.6 Å². The predicted octanol–water partition coefficient (Wildman–Crippen LogP) is 6.15. The van der Waals surface area contributed by atoms with Gasteiger partial charge in [0.1, 0.15) is 22.6 Å². The molecule has 4 N–H and O–H groups in total. The van der Waals surface area contributed by atoms with Gasteiger partial charge in [-0.15, -0.1) is 0 Å². The van der Waals surface area contributed by atoms with Crippen molar-refractivity contribution in [1.82, 2.24) is 39.7 Å². The van der Waals surface area contributed by atoms with Gasteiger partial charge in [0.25, 0.3) is 17.0 Å². The SMILES string of the molecule is Cn1c(=O)c(-c2ccccc2Cl)cc2cnc(NC3CCC(=O)CC3)nc21.Cn1c(=O)c(-c2ccccc2Cl)cc2cnc(NC3CCC4(CC3)NC(=O)NC4=O)nc21. The van der Waals surface area contributed by atoms with Gasteiger partial charge in [0.2, 0.25) is 11.9 Å². The number of aromatic nitrogens is 6. The molecule has 302 valence electrons. The number of nitrogens with zero attached hydrogens (tertiary/aromatic N) is 6. The highest BCUT2D eigenvalue weighted by molar-refractivity contribution is 6.33. The molecule has 0 atom stereocenters. The summed E-state index contributed by atoms with van der Waals surface area (Å²) in [7, 11) is 3.37. The Morgan fingerprint density at radius 1 is 0.661 bits per heavy atom. The third-order valence-corrected chi connectivity index (χ3v) is 11.9. The first-order chi connectivity index (χ1) is 28.4. The van der Waals surface area contributed by atoms with Crippen LogP contribution in [-0.4, -0.2) is 64.4 Å². The molecule has 15 nitrogen and oxygen atoms in total. The molecule has 6 aromatic rings. The summed E-state index contributed by atoms with van der Waals surface area (Å²) in [5.41, 5.74) is 2.27. The largest absolute Gasteiger partial charge is 0.351 e. The molecule has 1 aliphatic heterocycles. The number of fused-ring (bicyclic) bond motifs is 2. The molecule has 17 heteroatoms. The van der Waals surface area contributed by atoms with Crippen molar-refractivity contribution in [3.8, 4) is 22.3 Å². The second kappa shape index (κ2) is 16.2. The van der Waals surface area contributed by atoms with Crippen LogP contribution in [-0.2, 0) is 23.7 Å². The van der Waals surface area contributed by atoms with Gasteiger partial charge in [-0.1, -0.05) is 59.6 Å². The number of pyridine rings is 2. The van der Waals surface area contributed by atoms with Crippen LogP contribution >= 0.6 is 23.2 Å². The highest BCUT2D eigenvalue weighted by atomic mass is 35.5. The summed E-state index contributed by atoms with van der Waals surface area (Å²) in [6.45, 7) is 0. The Labute approximate surface area is 347 Å². The number of nitrogens with one attached hydrogen (secondary N) is 4. The number of benzene rings is 2. The van der Waals surface area contributed by atoms with Gasteiger partial charge in [-0.3, -0.25) is 33.6 Å². The fourth-order valence-electron chi connectivity index (χ4n) is 7.96. The predicted molar refractivity (Wildman–Crippen MR) is 227 cm³/mol. The Hall–Kier alpha value is -6.19. The van der Waals surface area contributed by atoms with Gasteiger partial charge in [-0.25, -0.2) is 14.8 Å². The number of aryl methyl sites for hydroxylation is 2. The number of carbonyl (C=O) groups excluding carboxylic acids is 3. The Bertz CT molecular complexity index is 2770. The second-order valence-electron chi connectivity index (χ2n) is 15.1. The first-order valence-corrected chi connectivity index (χ1v) is 20.1. The van der Waals surface area contributed by atoms with Crippen molar-refractivity contribution >= 4 is 74.9 Å². The van der Waals surface area contributed by atoms with Crippen LogP contribution in [0.2, 0.25) is 10.0 Å². The van der Waals surface area contributed by atoms with E-state index in [9.17, 15) is 24.0 Å². The zero-order valence-corrected chi connectivity index (χ0v) is 33.7. The van der Waals surface area contributed by atoms with Crippen molar-refractivity contribution in [2.45, 2.75) is 69.0 Å². The van der Waals surface area contributed by atoms with E-state index in [2.05, 4.69) is 41.2 Å². The number of ketones is 1. The second-order valence-corrected chi connectivity index (χ2v) is 15.9. The van der Waals surface area contributed by atoms with E-state index < -0.39 is 11.6 Å². The summed E-state index contributed by atoms with van der Waals surface area (Å²) in [4.78, 5) is 78.8. The number of carbonyl (C=O) groups is 3. The molecule has 3 aliphatic rings. The number of amides is 3. The molecule has 3 amide bonds. The summed E-state index contributed by atoms with van der Waals surface area (Å²) in [6.07, 6.45) is 8.56. The zero-order valence-electron chi connectivity index (χ0n) is 32.2. The van der Waals surface area contributed by atoms with Crippen LogP contribution in [0.3, 0.4) is 0 Å². The van der Waals surface area contributed by atoms with E-state index in [1.54, 1.807) is 50.8 Å². The van der Waals surface area contributed by atoms with Gasteiger partial charge in [0.15, 0.2) is 0 Å². The van der Waals surface area contributed by atoms with Crippen molar-refractivity contribution in [1.29, 1.82) is 0 Å². The lowest BCUT2D eigenvalue weighted by Gasteiger charge is -2.34. The van der Waals surface area contributed by atoms with Crippen LogP contribution in [0.5, 0.6) is 0 Å². The Kier molecular flexibility index (Phi) is 10.9. The summed E-state index contributed by atoms with van der Waals surface area (Å²) in [5.74, 6) is 0.940. The molecule has 2 aliphatic carbocycles. The Balaban J connectivity index is 0.000000167. The van der Waals surface area contributed by atoms with Crippen LogP contribution in [0.25, 0.3) is 44.3 Å². The normalized spacial score (nSPS) is 19.3. The number of hydrogen-bond acceptors (Lipinski definition) is 11. The third-order valence-electron chi connectivity index (χ3n) is 11.3. The summed E-state index contributed by atoms with van der Waals surface area (Å²) in [6, 6.07) is 17.8. The van der Waals surface area contributed by atoms with Gasteiger partial charge in [-0.05, 0) is 62.8 Å². The summed E-state index contributed by atoms with van der Waals surface area (Å²) >= 11 is 12.6. The minimum atomic E-state index is -0.807. The highest BCUT2D eigenvalue weighted by Crippen LogP contribution is 2.33. The first kappa shape index (κ1) is 39.6. The molecule has 5 heterocycles. The number of rotatable bonds is 6. The average Bonchev–Trinajstić information content (AvgIpc) is 3.51. The number of hydrogen-bond donors (Lipinski definition) is 4. The lowest BCUT2D eigenvalue weighted by atomic mass is 9.79. The molecule has 1 spiro atoms. The molecule has 0 unspecified atom stereocenters. The van der Waals surface area contributed by atoms with E-state index >= 15 is 0 Å². The van der Waals surface area contributed by atoms with Crippen molar-refractivity contribution in [3.05, 3.63) is 104 Å². The number of halogens is 2. The molecule has 2 saturated carbocycles. The topological polar surface area (TPSA) is 195 Å². The van der Waals surface area contributed by atoms with E-state index in [1.165, 1.54) is 9.13 Å². The van der Waals surface area contributed by atoms with Gasteiger partial charge >= 0.3 is 6.03 Å². The first-order valence-electron chi connectivity index (χ1n) is 19.3. The Morgan fingerprint density at radius 3 is 1.56 bits per heavy atom. The molecular weight excluding hydrogens is 795 g/mol. The molecule has 3 fully saturated rings. The van der Waals surface area contributed by atoms with Gasteiger partial charge in [0.05, 0.1) is 0 Å². The standard InChI is InChI=1S/C22H21ClN6O3.C20H19ClN4O2/c1-29-17-12(10-15(18(29)30)14-4-2-3-5-16(14)23)11-24-20(26-17)25-13-6-8-22(9-7-13)19(31)27-21(32)28-22;1-25-18-12(10-16(19(25)27)15-4-2-3-5-17(15)21)11-22-20(24-18)23-13-6-8-14(26)9-7-13/h2-5,10-11,13H,6-9H2,1H3,(H,24,25,26)(H2,27,28,31,32);2-5,10-11,13H,6-9H2,1H3,(H,22,23,24). The Morgan fingerprint density at radius 2 is 1.12 bits per heavy atom. The maximum Gasteiger partial charge on any atom is 0.322 e. The maximum atomic E-state index is 13.0. The average molecular weight is 836 g/mol. The summed E-state index contributed by atoms with van der Waals surface area (Å²) in [5, 5.41) is 14.2. The number of urea groups is 1. The van der Waals surface area contributed by atoms with Crippen LogP contribution in [0, 0.1) is 0 Å². The van der Waals surface area contributed by atoms with Crippen LogP contribution in [0.4, 0.5) is 16.7 Å². The van der Waals surface area contributed by atoms with E-state index in [0.717, 1.165) is 23.6 Å². The van der Waals surface area contributed by atoms with E-state index in [0.29, 0.717) is 99.8 Å². The van der Waals surface area contributed by atoms with Gasteiger partial charge in [-0.2, -0.15) is 9.97 Å².